The van der Waals surface area contributed by atoms with E-state index in [1.807, 2.05) is 37.3 Å². The Kier molecular flexibility index (Phi) is 8.03. The van der Waals surface area contributed by atoms with Gasteiger partial charge >= 0.3 is 5.97 Å². The van der Waals surface area contributed by atoms with Gasteiger partial charge in [-0.3, -0.25) is 9.59 Å². The minimum absolute atomic E-state index is 0.0640. The summed E-state index contributed by atoms with van der Waals surface area (Å²) in [5, 5.41) is 9.28. The number of amides is 1. The zero-order valence-corrected chi connectivity index (χ0v) is 21.6. The predicted octanol–water partition coefficient (Wildman–Crippen LogP) is 5.58. The molecule has 37 heavy (non-hydrogen) atoms. The number of hydrogen-bond acceptors (Lipinski definition) is 4. The molecular weight excluding hydrogens is 497 g/mol. The molecule has 4 rings (SSSR count). The van der Waals surface area contributed by atoms with Crippen LogP contribution in [-0.2, 0) is 24.1 Å². The molecule has 0 aromatic heterocycles. The molecule has 3 aromatic rings. The smallest absolute Gasteiger partial charge is 0.305 e. The molecule has 0 saturated heterocycles. The van der Waals surface area contributed by atoms with E-state index >= 15 is 0 Å². The van der Waals surface area contributed by atoms with E-state index in [2.05, 4.69) is 0 Å². The van der Waals surface area contributed by atoms with Crippen LogP contribution in [0.5, 0.6) is 11.5 Å². The van der Waals surface area contributed by atoms with Crippen molar-refractivity contribution in [1.82, 2.24) is 4.90 Å². The number of carbonyl (C=O) groups is 2. The summed E-state index contributed by atoms with van der Waals surface area (Å²) < 4.78 is 25.8. The lowest BCUT2D eigenvalue weighted by Crippen LogP contribution is -2.35. The molecule has 1 N–H and O–H groups in total. The molecule has 194 valence electrons. The lowest BCUT2D eigenvalue weighted by Gasteiger charge is -2.24. The zero-order chi connectivity index (χ0) is 26.6. The van der Waals surface area contributed by atoms with Crippen LogP contribution in [0.4, 0.5) is 4.39 Å². The SMILES string of the molecule is COc1cc(C(=O)N(CCC(=O)O)CCc2ccccc2)cc2c1OC(C)(Cc1ccc(Cl)c(F)c1)C2. The first-order valence-corrected chi connectivity index (χ1v) is 12.4. The number of benzene rings is 3. The molecule has 0 spiro atoms. The van der Waals surface area contributed by atoms with Crippen molar-refractivity contribution in [2.24, 2.45) is 0 Å². The first kappa shape index (κ1) is 26.5. The van der Waals surface area contributed by atoms with Gasteiger partial charge in [0.25, 0.3) is 5.91 Å². The third-order valence-corrected chi connectivity index (χ3v) is 6.78. The lowest BCUT2D eigenvalue weighted by molar-refractivity contribution is -0.137. The number of hydrogen-bond donors (Lipinski definition) is 1. The molecule has 0 aliphatic carbocycles. The van der Waals surface area contributed by atoms with Crippen LogP contribution in [0.2, 0.25) is 5.02 Å². The Labute approximate surface area is 220 Å². The highest BCUT2D eigenvalue weighted by Crippen LogP contribution is 2.44. The highest BCUT2D eigenvalue weighted by Gasteiger charge is 2.38. The number of fused-ring (bicyclic) bond motifs is 1. The van der Waals surface area contributed by atoms with Crippen LogP contribution in [-0.4, -0.2) is 47.7 Å². The van der Waals surface area contributed by atoms with Crippen molar-refractivity contribution >= 4 is 23.5 Å². The maximum absolute atomic E-state index is 14.0. The fraction of sp³-hybridized carbons (Fsp3) is 0.310. The summed E-state index contributed by atoms with van der Waals surface area (Å²) in [6.07, 6.45) is 1.38. The minimum atomic E-state index is -0.966. The zero-order valence-electron chi connectivity index (χ0n) is 20.8. The first-order valence-electron chi connectivity index (χ1n) is 12.1. The van der Waals surface area contributed by atoms with Crippen molar-refractivity contribution in [1.29, 1.82) is 0 Å². The molecule has 0 fully saturated rings. The molecule has 3 aromatic carbocycles. The second-order valence-electron chi connectivity index (χ2n) is 9.49. The summed E-state index contributed by atoms with van der Waals surface area (Å²) in [5.74, 6) is -0.746. The number of carboxylic acids is 1. The summed E-state index contributed by atoms with van der Waals surface area (Å²) in [5.41, 5.74) is 2.34. The fourth-order valence-electron chi connectivity index (χ4n) is 4.68. The standard InChI is InChI=1S/C29H29ClFNO5/c1-29(17-20-8-9-23(30)24(31)14-20)18-22-15-21(16-25(36-2)27(22)37-29)28(35)32(13-11-26(33)34)12-10-19-6-4-3-5-7-19/h3-9,14-16H,10-13,17-18H2,1-2H3,(H,33,34). The average molecular weight is 526 g/mol. The summed E-state index contributed by atoms with van der Waals surface area (Å²) >= 11 is 5.82. The molecule has 1 aliphatic rings. The summed E-state index contributed by atoms with van der Waals surface area (Å²) in [6, 6.07) is 17.8. The largest absolute Gasteiger partial charge is 0.493 e. The lowest BCUT2D eigenvalue weighted by atomic mass is 9.91. The van der Waals surface area contributed by atoms with Crippen LogP contribution in [0.15, 0.2) is 60.7 Å². The molecule has 1 unspecified atom stereocenters. The van der Waals surface area contributed by atoms with Gasteiger partial charge in [0.05, 0.1) is 18.6 Å². The third-order valence-electron chi connectivity index (χ3n) is 6.47. The Hall–Kier alpha value is -3.58. The molecule has 1 amide bonds. The van der Waals surface area contributed by atoms with Gasteiger partial charge in [-0.1, -0.05) is 48.0 Å². The number of aliphatic carboxylic acids is 1. The molecule has 1 atom stereocenters. The van der Waals surface area contributed by atoms with Gasteiger partial charge in [0, 0.05) is 37.1 Å². The van der Waals surface area contributed by atoms with Crippen LogP contribution >= 0.6 is 11.6 Å². The number of rotatable bonds is 10. The fourth-order valence-corrected chi connectivity index (χ4v) is 4.80. The molecule has 8 heteroatoms. The van der Waals surface area contributed by atoms with E-state index in [0.717, 1.165) is 16.7 Å². The van der Waals surface area contributed by atoms with Crippen molar-refractivity contribution in [2.75, 3.05) is 20.2 Å². The second-order valence-corrected chi connectivity index (χ2v) is 9.90. The first-order chi connectivity index (χ1) is 17.7. The number of nitrogens with zero attached hydrogens (tertiary/aromatic N) is 1. The van der Waals surface area contributed by atoms with Crippen molar-refractivity contribution in [3.05, 3.63) is 93.8 Å². The summed E-state index contributed by atoms with van der Waals surface area (Å²) in [4.78, 5) is 26.4. The van der Waals surface area contributed by atoms with Crippen molar-refractivity contribution in [2.45, 2.75) is 38.2 Å². The third kappa shape index (κ3) is 6.41. The minimum Gasteiger partial charge on any atom is -0.493 e. The van der Waals surface area contributed by atoms with E-state index in [-0.39, 0.29) is 23.9 Å². The Balaban J connectivity index is 1.56. The molecular formula is C29H29ClFNO5. The molecule has 1 heterocycles. The maximum Gasteiger partial charge on any atom is 0.305 e. The van der Waals surface area contributed by atoms with E-state index < -0.39 is 17.4 Å². The molecule has 1 aliphatic heterocycles. The van der Waals surface area contributed by atoms with E-state index in [1.165, 1.54) is 19.2 Å². The number of carbonyl (C=O) groups excluding carboxylic acids is 1. The number of carboxylic acid groups (broad SMARTS) is 1. The van der Waals surface area contributed by atoms with Crippen LogP contribution in [0, 0.1) is 5.82 Å². The van der Waals surface area contributed by atoms with Gasteiger partial charge in [-0.05, 0) is 48.7 Å². The van der Waals surface area contributed by atoms with Gasteiger partial charge in [-0.2, -0.15) is 0 Å². The van der Waals surface area contributed by atoms with Crippen LogP contribution in [0.3, 0.4) is 0 Å². The van der Waals surface area contributed by atoms with Gasteiger partial charge in [0.2, 0.25) is 0 Å². The Bertz CT molecular complexity index is 1300. The number of methoxy groups -OCH3 is 1. The highest BCUT2D eigenvalue weighted by molar-refractivity contribution is 6.30. The quantitative estimate of drug-likeness (QED) is 0.374. The predicted molar refractivity (Wildman–Crippen MR) is 139 cm³/mol. The topological polar surface area (TPSA) is 76.1 Å². The molecule has 0 radical (unpaired) electrons. The average Bonchev–Trinajstić information content (AvgIpc) is 3.21. The van der Waals surface area contributed by atoms with Gasteiger partial charge in [-0.15, -0.1) is 0 Å². The molecule has 0 saturated carbocycles. The van der Waals surface area contributed by atoms with E-state index in [1.54, 1.807) is 23.1 Å². The molecule has 6 nitrogen and oxygen atoms in total. The van der Waals surface area contributed by atoms with E-state index in [9.17, 15) is 19.1 Å². The van der Waals surface area contributed by atoms with Crippen LogP contribution < -0.4 is 9.47 Å². The van der Waals surface area contributed by atoms with Crippen molar-refractivity contribution in [3.63, 3.8) is 0 Å². The Morgan fingerprint density at radius 2 is 1.86 bits per heavy atom. The van der Waals surface area contributed by atoms with Crippen LogP contribution in [0.25, 0.3) is 0 Å². The normalized spacial score (nSPS) is 16.1. The molecule has 0 bridgehead atoms. The highest BCUT2D eigenvalue weighted by atomic mass is 35.5. The Morgan fingerprint density at radius 3 is 2.54 bits per heavy atom. The van der Waals surface area contributed by atoms with E-state index in [0.29, 0.717) is 42.9 Å². The summed E-state index contributed by atoms with van der Waals surface area (Å²) in [7, 11) is 1.51. The second kappa shape index (κ2) is 11.2. The van der Waals surface area contributed by atoms with Gasteiger partial charge in [-0.25, -0.2) is 4.39 Å². The Morgan fingerprint density at radius 1 is 1.11 bits per heavy atom. The number of halogens is 2. The number of ether oxygens (including phenoxy) is 2. The van der Waals surface area contributed by atoms with Gasteiger partial charge < -0.3 is 19.5 Å². The summed E-state index contributed by atoms with van der Waals surface area (Å²) in [6.45, 7) is 2.40. The van der Waals surface area contributed by atoms with Gasteiger partial charge in [0.15, 0.2) is 11.5 Å². The van der Waals surface area contributed by atoms with Crippen molar-refractivity contribution in [3.8, 4) is 11.5 Å². The van der Waals surface area contributed by atoms with Gasteiger partial charge in [0.1, 0.15) is 11.4 Å². The van der Waals surface area contributed by atoms with E-state index in [4.69, 9.17) is 21.1 Å². The maximum atomic E-state index is 14.0. The monoisotopic (exact) mass is 525 g/mol. The van der Waals surface area contributed by atoms with Crippen molar-refractivity contribution < 1.29 is 28.6 Å². The van der Waals surface area contributed by atoms with Crippen LogP contribution in [0.1, 0.15) is 40.4 Å².